The number of anilines is 1. The van der Waals surface area contributed by atoms with Gasteiger partial charge in [-0.3, -0.25) is 9.69 Å². The summed E-state index contributed by atoms with van der Waals surface area (Å²) in [6.45, 7) is 11.0. The van der Waals surface area contributed by atoms with Crippen LogP contribution < -0.4 is 10.6 Å². The summed E-state index contributed by atoms with van der Waals surface area (Å²) in [7, 11) is 0. The first-order chi connectivity index (χ1) is 22.9. The molecule has 4 aliphatic rings. The number of fused-ring (bicyclic) bond motifs is 1. The highest BCUT2D eigenvalue weighted by Crippen LogP contribution is 2.25. The molecule has 4 heterocycles. The Hall–Kier alpha value is -3.63. The zero-order valence-corrected chi connectivity index (χ0v) is 28.2. The lowest BCUT2D eigenvalue weighted by molar-refractivity contribution is -0.135. The molecule has 5 amide bonds. The predicted molar refractivity (Wildman–Crippen MR) is 184 cm³/mol. The number of carbonyl (C=O) groups excluding carboxylic acids is 3. The average Bonchev–Trinajstić information content (AvgIpc) is 3.29. The quantitative estimate of drug-likeness (QED) is 0.447. The van der Waals surface area contributed by atoms with Gasteiger partial charge in [0.05, 0.1) is 13.2 Å². The van der Waals surface area contributed by atoms with Crippen LogP contribution in [0.1, 0.15) is 61.8 Å². The molecule has 0 spiro atoms. The van der Waals surface area contributed by atoms with E-state index in [9.17, 15) is 14.4 Å². The topological polar surface area (TPSA) is 97.5 Å². The number of amides is 5. The molecule has 10 heteroatoms. The summed E-state index contributed by atoms with van der Waals surface area (Å²) in [5.74, 6) is 0.00656. The highest BCUT2D eigenvalue weighted by atomic mass is 16.5. The van der Waals surface area contributed by atoms with Crippen molar-refractivity contribution in [3.8, 4) is 0 Å². The van der Waals surface area contributed by atoms with E-state index in [1.165, 1.54) is 11.1 Å². The van der Waals surface area contributed by atoms with Gasteiger partial charge < -0.3 is 30.1 Å². The normalized spacial score (nSPS) is 20.7. The minimum atomic E-state index is -0.632. The van der Waals surface area contributed by atoms with Gasteiger partial charge in [-0.05, 0) is 73.3 Å². The number of rotatable bonds is 8. The Labute approximate surface area is 279 Å². The first-order valence-corrected chi connectivity index (χ1v) is 17.9. The van der Waals surface area contributed by atoms with Crippen molar-refractivity contribution in [1.29, 1.82) is 0 Å². The fraction of sp³-hybridized carbons (Fsp3) is 0.595. The van der Waals surface area contributed by atoms with Crippen LogP contribution in [0.2, 0.25) is 0 Å². The number of para-hydroxylation sites is 1. The number of carbonyl (C=O) groups is 3. The Morgan fingerprint density at radius 1 is 0.851 bits per heavy atom. The maximum absolute atomic E-state index is 14.1. The van der Waals surface area contributed by atoms with Gasteiger partial charge in [-0.25, -0.2) is 9.59 Å². The molecule has 4 aliphatic heterocycles. The van der Waals surface area contributed by atoms with Crippen LogP contribution in [0.4, 0.5) is 15.3 Å². The lowest BCUT2D eigenvalue weighted by Gasteiger charge is -2.41. The van der Waals surface area contributed by atoms with Gasteiger partial charge in [-0.2, -0.15) is 0 Å². The number of hydrogen-bond donors (Lipinski definition) is 2. The second-order valence-electron chi connectivity index (χ2n) is 13.5. The molecule has 0 radical (unpaired) electrons. The Morgan fingerprint density at radius 3 is 2.26 bits per heavy atom. The number of ether oxygens (including phenoxy) is 1. The molecule has 0 aliphatic carbocycles. The van der Waals surface area contributed by atoms with Gasteiger partial charge in [0.1, 0.15) is 6.04 Å². The number of benzene rings is 2. The van der Waals surface area contributed by atoms with Crippen molar-refractivity contribution >= 4 is 23.7 Å². The first kappa shape index (κ1) is 33.3. The van der Waals surface area contributed by atoms with E-state index in [4.69, 9.17) is 4.74 Å². The number of likely N-dealkylation sites (tertiary alicyclic amines) is 2. The van der Waals surface area contributed by atoms with E-state index in [1.54, 1.807) is 0 Å². The van der Waals surface area contributed by atoms with Crippen molar-refractivity contribution in [3.05, 3.63) is 64.7 Å². The molecule has 1 atom stereocenters. The van der Waals surface area contributed by atoms with Crippen LogP contribution in [-0.4, -0.2) is 115 Å². The molecule has 2 aromatic rings. The number of morpholine rings is 1. The molecule has 3 fully saturated rings. The van der Waals surface area contributed by atoms with E-state index >= 15 is 0 Å². The highest BCUT2D eigenvalue weighted by Gasteiger charge is 2.35. The van der Waals surface area contributed by atoms with E-state index < -0.39 is 6.04 Å². The lowest BCUT2D eigenvalue weighted by Crippen LogP contribution is -2.57. The van der Waals surface area contributed by atoms with E-state index in [-0.39, 0.29) is 24.0 Å². The second kappa shape index (κ2) is 15.5. The fourth-order valence-electron chi connectivity index (χ4n) is 7.89. The van der Waals surface area contributed by atoms with E-state index in [0.29, 0.717) is 58.0 Å². The van der Waals surface area contributed by atoms with E-state index in [0.717, 1.165) is 75.2 Å². The molecule has 3 saturated heterocycles. The summed E-state index contributed by atoms with van der Waals surface area (Å²) >= 11 is 0. The molecule has 47 heavy (non-hydrogen) atoms. The fourth-order valence-corrected chi connectivity index (χ4v) is 7.89. The molecule has 0 bridgehead atoms. The second-order valence-corrected chi connectivity index (χ2v) is 13.5. The Morgan fingerprint density at radius 2 is 1.53 bits per heavy atom. The first-order valence-electron chi connectivity index (χ1n) is 17.9. The molecule has 2 N–H and O–H groups in total. The van der Waals surface area contributed by atoms with Crippen LogP contribution >= 0.6 is 0 Å². The number of piperidine rings is 2. The zero-order chi connectivity index (χ0) is 32.8. The molecule has 0 unspecified atom stereocenters. The van der Waals surface area contributed by atoms with E-state index in [2.05, 4.69) is 53.6 Å². The Kier molecular flexibility index (Phi) is 11.0. The van der Waals surface area contributed by atoms with Crippen LogP contribution in [0, 0.1) is 0 Å². The smallest absolute Gasteiger partial charge is 0.322 e. The molecule has 2 aromatic carbocycles. The molecular weight excluding hydrogens is 592 g/mol. The highest BCUT2D eigenvalue weighted by molar-refractivity contribution is 5.91. The summed E-state index contributed by atoms with van der Waals surface area (Å²) in [6.07, 6.45) is 6.50. The predicted octanol–water partition coefficient (Wildman–Crippen LogP) is 4.31. The molecule has 254 valence electrons. The van der Waals surface area contributed by atoms with Gasteiger partial charge in [-0.1, -0.05) is 50.2 Å². The summed E-state index contributed by atoms with van der Waals surface area (Å²) < 4.78 is 5.54. The largest absolute Gasteiger partial charge is 0.379 e. The van der Waals surface area contributed by atoms with Crippen molar-refractivity contribution in [2.75, 3.05) is 64.3 Å². The molecule has 0 aromatic heterocycles. The SMILES string of the molecule is CCc1ccc(C[C@@H](NC(=O)N2CCC(N3CCc4ccccc4NC3=O)CC2)C(=O)N2CCC(N3CCOCC3)CC2)cc1CC. The molecule has 0 saturated carbocycles. The van der Waals surface area contributed by atoms with E-state index in [1.807, 2.05) is 32.9 Å². The van der Waals surface area contributed by atoms with Gasteiger partial charge in [0.25, 0.3) is 0 Å². The standard InChI is InChI=1S/C37H52N6O4/c1-3-28-10-9-27(25-29(28)4-2)26-34(35(44)41-16-12-31(13-17-41)40-21-23-47-24-22-40)39-36(45)42-18-14-32(15-19-42)43-20-11-30-7-5-6-8-33(30)38-37(43)46/h5-10,25,31-32,34H,3-4,11-24,26H2,1-2H3,(H,38,46)(H,39,45)/t34-/m1/s1. The van der Waals surface area contributed by atoms with Gasteiger partial charge in [-0.15, -0.1) is 0 Å². The van der Waals surface area contributed by atoms with Crippen molar-refractivity contribution in [2.45, 2.75) is 83.3 Å². The van der Waals surface area contributed by atoms with Crippen molar-refractivity contribution in [3.63, 3.8) is 0 Å². The number of nitrogens with zero attached hydrogens (tertiary/aromatic N) is 4. The summed E-state index contributed by atoms with van der Waals surface area (Å²) in [5, 5.41) is 6.25. The Balaban J connectivity index is 1.09. The van der Waals surface area contributed by atoms with Gasteiger partial charge in [0.15, 0.2) is 0 Å². The van der Waals surface area contributed by atoms with Crippen molar-refractivity contribution in [1.82, 2.24) is 24.9 Å². The van der Waals surface area contributed by atoms with Gasteiger partial charge in [0, 0.05) is 70.0 Å². The van der Waals surface area contributed by atoms with Crippen LogP contribution in [0.3, 0.4) is 0 Å². The summed E-state index contributed by atoms with van der Waals surface area (Å²) in [4.78, 5) is 49.2. The molecule has 6 rings (SSSR count). The third kappa shape index (κ3) is 7.92. The van der Waals surface area contributed by atoms with Crippen molar-refractivity contribution in [2.24, 2.45) is 0 Å². The molecular formula is C37H52N6O4. The van der Waals surface area contributed by atoms with Gasteiger partial charge in [0.2, 0.25) is 5.91 Å². The minimum Gasteiger partial charge on any atom is -0.379 e. The lowest BCUT2D eigenvalue weighted by atomic mass is 9.95. The van der Waals surface area contributed by atoms with Gasteiger partial charge >= 0.3 is 12.1 Å². The molecule has 10 nitrogen and oxygen atoms in total. The van der Waals surface area contributed by atoms with Crippen LogP contribution in [0.25, 0.3) is 0 Å². The van der Waals surface area contributed by atoms with Crippen molar-refractivity contribution < 1.29 is 19.1 Å². The Bertz CT molecular complexity index is 1390. The number of aryl methyl sites for hydroxylation is 2. The average molecular weight is 645 g/mol. The third-order valence-electron chi connectivity index (χ3n) is 10.7. The monoisotopic (exact) mass is 644 g/mol. The van der Waals surface area contributed by atoms with Crippen LogP contribution in [0.5, 0.6) is 0 Å². The third-order valence-corrected chi connectivity index (χ3v) is 10.7. The summed E-state index contributed by atoms with van der Waals surface area (Å²) in [5.41, 5.74) is 5.74. The number of nitrogens with one attached hydrogen (secondary N) is 2. The maximum atomic E-state index is 14.1. The minimum absolute atomic E-state index is 0.00656. The maximum Gasteiger partial charge on any atom is 0.322 e. The van der Waals surface area contributed by atoms with Crippen LogP contribution in [0.15, 0.2) is 42.5 Å². The summed E-state index contributed by atoms with van der Waals surface area (Å²) in [6, 6.07) is 14.1. The van der Waals surface area contributed by atoms with Crippen LogP contribution in [-0.2, 0) is 35.2 Å². The number of urea groups is 2. The zero-order valence-electron chi connectivity index (χ0n) is 28.2. The number of hydrogen-bond acceptors (Lipinski definition) is 5.